The molecule has 3 aromatic rings. The Morgan fingerprint density at radius 2 is 2.07 bits per heavy atom. The molecule has 2 aromatic heterocycles. The Kier molecular flexibility index (Phi) is 4.39. The van der Waals surface area contributed by atoms with Gasteiger partial charge < -0.3 is 15.3 Å². The number of alkyl halides is 1. The highest BCUT2D eigenvalue weighted by atomic mass is 19.1. The quantitative estimate of drug-likeness (QED) is 0.623. The fourth-order valence-electron chi connectivity index (χ4n) is 4.38. The van der Waals surface area contributed by atoms with E-state index >= 15 is 0 Å². The molecule has 2 aliphatic heterocycles. The molecule has 0 unspecified atom stereocenters. The van der Waals surface area contributed by atoms with Gasteiger partial charge in [0.2, 0.25) is 0 Å². The van der Waals surface area contributed by atoms with Crippen LogP contribution in [-0.4, -0.2) is 61.8 Å². The minimum Gasteiger partial charge on any atom is -0.507 e. The van der Waals surface area contributed by atoms with Gasteiger partial charge in [0.25, 0.3) is 0 Å². The van der Waals surface area contributed by atoms with Crippen molar-refractivity contribution in [3.63, 3.8) is 0 Å². The maximum atomic E-state index is 14.8. The molecule has 3 N–H and O–H groups in total. The van der Waals surface area contributed by atoms with E-state index in [-0.39, 0.29) is 17.8 Å². The molecule has 8 nitrogen and oxygen atoms in total. The van der Waals surface area contributed by atoms with Gasteiger partial charge in [0, 0.05) is 30.9 Å². The number of phenolic OH excluding ortho intramolecular Hbond substituents is 1. The molecule has 150 valence electrons. The van der Waals surface area contributed by atoms with Crippen molar-refractivity contribution in [3.8, 4) is 28.3 Å². The van der Waals surface area contributed by atoms with Crippen molar-refractivity contribution >= 4 is 5.82 Å². The number of piperidine rings is 1. The van der Waals surface area contributed by atoms with E-state index in [1.54, 1.807) is 30.7 Å². The Morgan fingerprint density at radius 3 is 2.79 bits per heavy atom. The number of anilines is 1. The van der Waals surface area contributed by atoms with E-state index < -0.39 is 6.17 Å². The number of rotatable bonds is 4. The molecule has 0 saturated carbocycles. The van der Waals surface area contributed by atoms with Crippen LogP contribution in [0.2, 0.25) is 0 Å². The van der Waals surface area contributed by atoms with Crippen molar-refractivity contribution in [2.24, 2.45) is 0 Å². The third kappa shape index (κ3) is 3.21. The lowest BCUT2D eigenvalue weighted by molar-refractivity contribution is 0.176. The van der Waals surface area contributed by atoms with Gasteiger partial charge in [-0.3, -0.25) is 5.10 Å². The zero-order valence-corrected chi connectivity index (χ0v) is 16.0. The standard InChI is InChI=1S/C20H22FN7O/c1-28(16-7-13-3-5-15(25-13)19(16)21)18-10-22-20(27-26-18)14-4-2-11(6-17(14)29)12-8-23-24-9-12/h2,4,6,8-10,13,15-16,19,25,29H,3,5,7H2,1H3,(H,23,24)/t13-,15-,16-,19+/m1/s1. The van der Waals surface area contributed by atoms with Crippen LogP contribution in [0.4, 0.5) is 10.2 Å². The maximum Gasteiger partial charge on any atom is 0.185 e. The fraction of sp³-hybridized carbons (Fsp3) is 0.400. The van der Waals surface area contributed by atoms with Gasteiger partial charge in [-0.25, -0.2) is 9.37 Å². The predicted molar refractivity (Wildman–Crippen MR) is 106 cm³/mol. The van der Waals surface area contributed by atoms with Gasteiger partial charge >= 0.3 is 0 Å². The van der Waals surface area contributed by atoms with Crippen molar-refractivity contribution < 1.29 is 9.50 Å². The average Bonchev–Trinajstić information content (AvgIpc) is 3.41. The van der Waals surface area contributed by atoms with Crippen molar-refractivity contribution in [1.82, 2.24) is 30.7 Å². The molecule has 1 aromatic carbocycles. The molecule has 0 aliphatic carbocycles. The summed E-state index contributed by atoms with van der Waals surface area (Å²) >= 11 is 0. The van der Waals surface area contributed by atoms with Crippen molar-refractivity contribution in [2.45, 2.75) is 43.6 Å². The van der Waals surface area contributed by atoms with Gasteiger partial charge in [-0.1, -0.05) is 6.07 Å². The lowest BCUT2D eigenvalue weighted by atomic mass is 9.96. The fourth-order valence-corrected chi connectivity index (χ4v) is 4.38. The first-order valence-electron chi connectivity index (χ1n) is 9.75. The van der Waals surface area contributed by atoms with Gasteiger partial charge in [-0.05, 0) is 37.0 Å². The average molecular weight is 395 g/mol. The second kappa shape index (κ2) is 7.07. The Labute approximate surface area is 167 Å². The molecule has 29 heavy (non-hydrogen) atoms. The minimum absolute atomic E-state index is 0.0605. The SMILES string of the molecule is CN(c1cnc(-c2ccc(-c3cn[nH]c3)cc2O)nn1)[C@@H]1C[C@H]2CC[C@@H](N2)[C@@H]1F. The number of H-pyrrole nitrogens is 1. The van der Waals surface area contributed by atoms with E-state index in [9.17, 15) is 9.50 Å². The number of aromatic hydroxyl groups is 1. The number of halogens is 1. The van der Waals surface area contributed by atoms with Crippen molar-refractivity contribution in [3.05, 3.63) is 36.8 Å². The van der Waals surface area contributed by atoms with Gasteiger partial charge in [0.05, 0.1) is 24.0 Å². The summed E-state index contributed by atoms with van der Waals surface area (Å²) in [5.74, 6) is 0.906. The van der Waals surface area contributed by atoms with Crippen LogP contribution in [0.25, 0.3) is 22.5 Å². The van der Waals surface area contributed by atoms with Crippen LogP contribution in [0.1, 0.15) is 19.3 Å². The van der Waals surface area contributed by atoms with Crippen LogP contribution < -0.4 is 10.2 Å². The first-order valence-corrected chi connectivity index (χ1v) is 9.75. The molecule has 4 heterocycles. The first-order chi connectivity index (χ1) is 14.1. The van der Waals surface area contributed by atoms with E-state index in [4.69, 9.17) is 0 Å². The van der Waals surface area contributed by atoms with Crippen LogP contribution in [-0.2, 0) is 0 Å². The molecule has 5 rings (SSSR count). The minimum atomic E-state index is -0.945. The predicted octanol–water partition coefficient (Wildman–Crippen LogP) is 2.30. The van der Waals surface area contributed by atoms with Gasteiger partial charge in [-0.15, -0.1) is 10.2 Å². The van der Waals surface area contributed by atoms with Crippen LogP contribution in [0.5, 0.6) is 5.75 Å². The molecule has 2 saturated heterocycles. The van der Waals surface area contributed by atoms with Crippen LogP contribution >= 0.6 is 0 Å². The number of hydrogen-bond donors (Lipinski definition) is 3. The summed E-state index contributed by atoms with van der Waals surface area (Å²) in [6.45, 7) is 0. The topological polar surface area (TPSA) is 103 Å². The highest BCUT2D eigenvalue weighted by Crippen LogP contribution is 2.34. The summed E-state index contributed by atoms with van der Waals surface area (Å²) in [5, 5.41) is 28.9. The van der Waals surface area contributed by atoms with E-state index in [0.29, 0.717) is 23.2 Å². The largest absolute Gasteiger partial charge is 0.507 e. The molecular formula is C20H22FN7O. The number of phenols is 1. The summed E-state index contributed by atoms with van der Waals surface area (Å²) in [7, 11) is 1.84. The summed E-state index contributed by atoms with van der Waals surface area (Å²) in [6.07, 6.45) is 6.72. The lowest BCUT2D eigenvalue weighted by Gasteiger charge is -2.38. The number of nitrogens with one attached hydrogen (secondary N) is 2. The number of aromatic amines is 1. The molecule has 0 amide bonds. The summed E-state index contributed by atoms with van der Waals surface area (Å²) in [6, 6.07) is 5.31. The highest BCUT2D eigenvalue weighted by Gasteiger charge is 2.43. The summed E-state index contributed by atoms with van der Waals surface area (Å²) in [5.41, 5.74) is 2.20. The van der Waals surface area contributed by atoms with E-state index in [0.717, 1.165) is 30.4 Å². The normalized spacial score (nSPS) is 25.9. The van der Waals surface area contributed by atoms with Gasteiger partial charge in [0.15, 0.2) is 11.6 Å². The third-order valence-electron chi connectivity index (χ3n) is 6.03. The second-order valence-electron chi connectivity index (χ2n) is 7.76. The highest BCUT2D eigenvalue weighted by molar-refractivity contribution is 5.72. The summed E-state index contributed by atoms with van der Waals surface area (Å²) < 4.78 is 14.8. The Bertz CT molecular complexity index is 995. The molecule has 9 heteroatoms. The Balaban J connectivity index is 1.36. The number of hydrogen-bond acceptors (Lipinski definition) is 7. The number of nitrogens with zero attached hydrogens (tertiary/aromatic N) is 5. The van der Waals surface area contributed by atoms with E-state index in [2.05, 4.69) is 30.7 Å². The second-order valence-corrected chi connectivity index (χ2v) is 7.76. The smallest absolute Gasteiger partial charge is 0.185 e. The summed E-state index contributed by atoms with van der Waals surface area (Å²) in [4.78, 5) is 6.20. The Hall–Kier alpha value is -3.07. The molecule has 0 radical (unpaired) electrons. The molecule has 2 aliphatic rings. The monoisotopic (exact) mass is 395 g/mol. The van der Waals surface area contributed by atoms with Gasteiger partial charge in [0.1, 0.15) is 11.9 Å². The molecule has 0 spiro atoms. The molecule has 4 atom stereocenters. The molecular weight excluding hydrogens is 373 g/mol. The Morgan fingerprint density at radius 1 is 1.17 bits per heavy atom. The zero-order chi connectivity index (χ0) is 20.0. The number of aromatic nitrogens is 5. The first kappa shape index (κ1) is 18.0. The molecule has 2 fully saturated rings. The van der Waals surface area contributed by atoms with Crippen LogP contribution in [0.3, 0.4) is 0 Å². The van der Waals surface area contributed by atoms with Crippen LogP contribution in [0, 0.1) is 0 Å². The van der Waals surface area contributed by atoms with Crippen molar-refractivity contribution in [2.75, 3.05) is 11.9 Å². The number of fused-ring (bicyclic) bond motifs is 2. The lowest BCUT2D eigenvalue weighted by Crippen LogP contribution is -2.55. The third-order valence-corrected chi connectivity index (χ3v) is 6.03. The van der Waals surface area contributed by atoms with E-state index in [1.165, 1.54) is 0 Å². The maximum absolute atomic E-state index is 14.8. The van der Waals surface area contributed by atoms with Crippen LogP contribution in [0.15, 0.2) is 36.8 Å². The van der Waals surface area contributed by atoms with E-state index in [1.807, 2.05) is 18.0 Å². The van der Waals surface area contributed by atoms with Gasteiger partial charge in [-0.2, -0.15) is 5.10 Å². The van der Waals surface area contributed by atoms with Crippen molar-refractivity contribution in [1.29, 1.82) is 0 Å². The molecule has 2 bridgehead atoms. The zero-order valence-electron chi connectivity index (χ0n) is 16.0. The number of benzene rings is 1.